The van der Waals surface area contributed by atoms with E-state index in [1.54, 1.807) is 28.4 Å². The fraction of sp³-hybridized carbons (Fsp3) is 0.385. The summed E-state index contributed by atoms with van der Waals surface area (Å²) in [7, 11) is 6.54. The molecule has 5 heterocycles. The molecule has 7 aromatic rings. The van der Waals surface area contributed by atoms with Gasteiger partial charge in [0.05, 0.1) is 103 Å². The first-order valence-corrected chi connectivity index (χ1v) is 23.6. The molecule has 73 heavy (non-hydrogen) atoms. The van der Waals surface area contributed by atoms with Crippen LogP contribution in [0.2, 0.25) is 0 Å². The van der Waals surface area contributed by atoms with Crippen molar-refractivity contribution < 1.29 is 76.3 Å². The van der Waals surface area contributed by atoms with Crippen molar-refractivity contribution >= 4 is 44.1 Å². The van der Waals surface area contributed by atoms with Gasteiger partial charge in [0.2, 0.25) is 0 Å². The molecule has 21 heteroatoms. The summed E-state index contributed by atoms with van der Waals surface area (Å²) in [6.45, 7) is 6.62. The molecule has 4 aromatic carbocycles. The van der Waals surface area contributed by atoms with Crippen molar-refractivity contribution in [1.82, 2.24) is 39.9 Å². The van der Waals surface area contributed by atoms with E-state index in [1.165, 1.54) is 0 Å². The Morgan fingerprint density at radius 3 is 0.932 bits per heavy atom. The molecule has 0 fully saturated rings. The predicted octanol–water partition coefficient (Wildman–Crippen LogP) is 6.29. The summed E-state index contributed by atoms with van der Waals surface area (Å²) in [5.41, 5.74) is 4.29. The maximum absolute atomic E-state index is 6.15. The smallest absolute Gasteiger partial charge is 0.491 e. The number of ether oxygens (including phenoxy) is 12. The zero-order valence-corrected chi connectivity index (χ0v) is 44.4. The van der Waals surface area contributed by atoms with Gasteiger partial charge >= 0.3 is 19.5 Å². The summed E-state index contributed by atoms with van der Waals surface area (Å²) in [4.78, 5) is 40.9. The Balaban J connectivity index is 0.00000711. The van der Waals surface area contributed by atoms with Crippen LogP contribution in [0.4, 0.5) is 0 Å². The van der Waals surface area contributed by atoms with Crippen LogP contribution in [0.5, 0.6) is 23.0 Å². The van der Waals surface area contributed by atoms with E-state index in [4.69, 9.17) is 96.7 Å². The largest absolute Gasteiger partial charge is 2.00 e. The Morgan fingerprint density at radius 1 is 0.301 bits per heavy atom. The van der Waals surface area contributed by atoms with Gasteiger partial charge in [0.25, 0.3) is 0 Å². The van der Waals surface area contributed by atoms with Crippen LogP contribution >= 0.6 is 0 Å². The molecule has 9 rings (SSSR count). The Morgan fingerprint density at radius 2 is 0.589 bits per heavy atom. The van der Waals surface area contributed by atoms with E-state index in [0.29, 0.717) is 218 Å². The normalized spacial score (nSPS) is 11.7. The van der Waals surface area contributed by atoms with Crippen molar-refractivity contribution in [2.75, 3.05) is 134 Å². The first-order chi connectivity index (χ1) is 35.5. The topological polar surface area (TPSA) is 216 Å². The van der Waals surface area contributed by atoms with Crippen LogP contribution in [0.15, 0.2) is 72.8 Å². The van der Waals surface area contributed by atoms with Crippen molar-refractivity contribution in [2.45, 2.75) is 0 Å². The van der Waals surface area contributed by atoms with Crippen LogP contribution in [0.25, 0.3) is 89.7 Å². The number of hydrogen-bond donors (Lipinski definition) is 0. The van der Waals surface area contributed by atoms with Crippen LogP contribution in [0, 0.1) is 0 Å². The zero-order valence-electron chi connectivity index (χ0n) is 41.4. The Bertz CT molecular complexity index is 2910. The van der Waals surface area contributed by atoms with Crippen LogP contribution in [0.1, 0.15) is 0 Å². The van der Waals surface area contributed by atoms with E-state index < -0.39 is 0 Å². The number of benzene rings is 4. The quantitative estimate of drug-likeness (QED) is 0.0389. The van der Waals surface area contributed by atoms with Gasteiger partial charge < -0.3 is 86.7 Å². The van der Waals surface area contributed by atoms with Crippen LogP contribution in [-0.2, 0) is 57.4 Å². The molecule has 3 aromatic heterocycles. The number of hydrogen-bond acceptors (Lipinski definition) is 18. The van der Waals surface area contributed by atoms with E-state index in [9.17, 15) is 0 Å². The van der Waals surface area contributed by atoms with E-state index in [2.05, 4.69) is 0 Å². The minimum atomic E-state index is 0. The molecule has 20 nitrogen and oxygen atoms in total. The van der Waals surface area contributed by atoms with Gasteiger partial charge in [0, 0.05) is 73.3 Å². The van der Waals surface area contributed by atoms with E-state index in [-0.39, 0.29) is 19.5 Å². The molecule has 0 saturated carbocycles. The van der Waals surface area contributed by atoms with E-state index in [1.807, 2.05) is 72.8 Å². The summed E-state index contributed by atoms with van der Waals surface area (Å²) < 4.78 is 67.6. The molecule has 378 valence electrons. The van der Waals surface area contributed by atoms with Crippen LogP contribution in [0.3, 0.4) is 0 Å². The minimum absolute atomic E-state index is 0. The third-order valence-corrected chi connectivity index (χ3v) is 11.3. The first-order valence-electron chi connectivity index (χ1n) is 23.6. The third-order valence-electron chi connectivity index (χ3n) is 11.3. The van der Waals surface area contributed by atoms with Gasteiger partial charge in [0.1, 0.15) is 49.4 Å². The molecule has 0 unspecified atom stereocenters. The second-order valence-corrected chi connectivity index (χ2v) is 16.1. The number of rotatable bonds is 28. The average Bonchev–Trinajstić information content (AvgIpc) is 4.13. The summed E-state index contributed by atoms with van der Waals surface area (Å²) in [6.07, 6.45) is 0. The molecular formula is C52H56N8O12Zn. The van der Waals surface area contributed by atoms with Gasteiger partial charge in [-0.25, -0.2) is 9.97 Å². The standard InChI is InChI=1S/C52H56N8O12.Zn/c1-61-13-17-65-21-25-69-33-5-9-37-41(29-33)49-53-45(37)58-50-43-31-35(71-27-23-67-19-15-63-3)7-11-39(43)47(55-50)60-52-44-32-36(72-28-24-68-20-16-64-4)8-12-40(44)48(56-52)59-51-42-30-34(70-26-22-66-18-14-62-2)6-10-38(42)46(54-51)57-49;/h5-12,29-32H,13-28H2,1-4H3;/q-2;+2. The number of methoxy groups -OCH3 is 4. The maximum Gasteiger partial charge on any atom is 2.00 e. The maximum atomic E-state index is 6.15. The minimum Gasteiger partial charge on any atom is -0.491 e. The Kier molecular flexibility index (Phi) is 19.3. The first kappa shape index (κ1) is 53.0. The second-order valence-electron chi connectivity index (χ2n) is 16.1. The van der Waals surface area contributed by atoms with Crippen molar-refractivity contribution in [1.29, 1.82) is 0 Å². The number of fused-ring (bicyclic) bond motifs is 20. The molecule has 0 N–H and O–H groups in total. The average molecular weight is 1050 g/mol. The van der Waals surface area contributed by atoms with E-state index in [0.717, 1.165) is 0 Å². The van der Waals surface area contributed by atoms with Crippen LogP contribution in [-0.4, -0.2) is 164 Å². The van der Waals surface area contributed by atoms with Gasteiger partial charge in [-0.05, 0) is 94.3 Å². The summed E-state index contributed by atoms with van der Waals surface area (Å²) in [6, 6.07) is 22.7. The number of nitrogens with zero attached hydrogens (tertiary/aromatic N) is 8. The van der Waals surface area contributed by atoms with E-state index >= 15 is 0 Å². The van der Waals surface area contributed by atoms with Gasteiger partial charge in [-0.1, -0.05) is 0 Å². The van der Waals surface area contributed by atoms with Gasteiger partial charge in [0.15, 0.2) is 0 Å². The third kappa shape index (κ3) is 13.3. The molecule has 0 saturated heterocycles. The van der Waals surface area contributed by atoms with Crippen molar-refractivity contribution in [2.24, 2.45) is 0 Å². The molecule has 2 aliphatic heterocycles. The van der Waals surface area contributed by atoms with Crippen molar-refractivity contribution in [3.05, 3.63) is 72.8 Å². The predicted molar refractivity (Wildman–Crippen MR) is 267 cm³/mol. The van der Waals surface area contributed by atoms with Crippen LogP contribution < -0.4 is 28.9 Å². The van der Waals surface area contributed by atoms with Gasteiger partial charge in [-0.2, -0.15) is 0 Å². The molecule has 0 aliphatic carbocycles. The summed E-state index contributed by atoms with van der Waals surface area (Å²) >= 11 is 0. The molecule has 2 aliphatic rings. The SMILES string of the molecule is COCCOCCOc1ccc2c(c1)-c1nc-2nc2[n-]c(nc3nc(nc4[n-]c(n1)c1ccc(OCCOCCOC)cc41)-c1ccc(OCCOCCOC)cc1-3)c1ccc(OCCOCCOC)cc21.[Zn+2]. The fourth-order valence-corrected chi connectivity index (χ4v) is 7.79. The fourth-order valence-electron chi connectivity index (χ4n) is 7.79. The zero-order chi connectivity index (χ0) is 49.5. The molecule has 0 radical (unpaired) electrons. The monoisotopic (exact) mass is 1050 g/mol. The summed E-state index contributed by atoms with van der Waals surface area (Å²) in [5.74, 6) is 3.89. The van der Waals surface area contributed by atoms with Gasteiger partial charge in [-0.15, -0.1) is 0 Å². The second kappa shape index (κ2) is 26.6. The van der Waals surface area contributed by atoms with Crippen molar-refractivity contribution in [3.63, 3.8) is 0 Å². The molecule has 0 spiro atoms. The van der Waals surface area contributed by atoms with Crippen molar-refractivity contribution in [3.8, 4) is 68.5 Å². The van der Waals surface area contributed by atoms with Gasteiger partial charge in [-0.3, -0.25) is 0 Å². The molecule has 0 amide bonds. The Hall–Kier alpha value is -6.26. The molecular weight excluding hydrogens is 994 g/mol. The molecule has 8 bridgehead atoms. The molecule has 0 atom stereocenters. The summed E-state index contributed by atoms with van der Waals surface area (Å²) in [5, 5.41) is 2.80. The Labute approximate surface area is 434 Å². The number of aromatic nitrogens is 8.